The van der Waals surface area contributed by atoms with Crippen molar-refractivity contribution < 1.29 is 57.2 Å². The number of carbonyl (C=O) groups is 6. The van der Waals surface area contributed by atoms with Crippen molar-refractivity contribution in [2.24, 2.45) is 5.92 Å². The first kappa shape index (κ1) is 28.6. The number of rotatable bonds is 7. The fourth-order valence-electron chi connectivity index (χ4n) is 4.80. The zero-order chi connectivity index (χ0) is 29.1. The molecule has 1 N–H and O–H groups in total. The number of hydrogen-bond donors (Lipinski definition) is 1. The zero-order valence-corrected chi connectivity index (χ0v) is 21.9. The number of carbonyl (C=O) groups excluding carboxylic acids is 6. The van der Waals surface area contributed by atoms with Crippen LogP contribution in [0.15, 0.2) is 41.5 Å². The summed E-state index contributed by atoms with van der Waals surface area (Å²) in [7, 11) is 5.93. The summed E-state index contributed by atoms with van der Waals surface area (Å²) in [6.07, 6.45) is 0.631. The number of ether oxygens (including phenoxy) is 6. The van der Waals surface area contributed by atoms with Crippen LogP contribution in [0, 0.1) is 5.92 Å². The van der Waals surface area contributed by atoms with Gasteiger partial charge in [0.25, 0.3) is 0 Å². The Kier molecular flexibility index (Phi) is 8.23. The molecule has 2 unspecified atom stereocenters. The molecule has 0 saturated carbocycles. The van der Waals surface area contributed by atoms with E-state index in [-0.39, 0.29) is 11.3 Å². The van der Waals surface area contributed by atoms with Crippen molar-refractivity contribution in [3.63, 3.8) is 0 Å². The topological polar surface area (TPSA) is 174 Å². The highest BCUT2D eigenvalue weighted by atomic mass is 16.5. The Hall–Kier alpha value is -4.94. The van der Waals surface area contributed by atoms with Crippen LogP contribution < -0.4 is 0 Å². The summed E-state index contributed by atoms with van der Waals surface area (Å²) >= 11 is 0. The number of nitrogens with one attached hydrogen (secondary N) is 1. The van der Waals surface area contributed by atoms with Crippen LogP contribution in [0.1, 0.15) is 11.3 Å². The molecular weight excluding hydrogens is 518 g/mol. The molecule has 13 heteroatoms. The van der Waals surface area contributed by atoms with Crippen molar-refractivity contribution in [3.8, 4) is 0 Å². The van der Waals surface area contributed by atoms with Gasteiger partial charge in [0.1, 0.15) is 5.92 Å². The van der Waals surface area contributed by atoms with Crippen LogP contribution in [0.2, 0.25) is 0 Å². The van der Waals surface area contributed by atoms with E-state index in [4.69, 9.17) is 23.7 Å². The van der Waals surface area contributed by atoms with Crippen molar-refractivity contribution in [3.05, 3.63) is 52.7 Å². The summed E-state index contributed by atoms with van der Waals surface area (Å²) < 4.78 is 29.5. The molecule has 39 heavy (non-hydrogen) atoms. The molecule has 2 atom stereocenters. The molecule has 13 nitrogen and oxygen atoms in total. The predicted octanol–water partition coefficient (Wildman–Crippen LogP) is 0.753. The first-order chi connectivity index (χ1) is 18.6. The molecule has 0 bridgehead atoms. The molecule has 0 saturated heterocycles. The minimum Gasteiger partial charge on any atom is -0.468 e. The summed E-state index contributed by atoms with van der Waals surface area (Å²) in [6.45, 7) is 0. The molecule has 2 aromatic rings. The fraction of sp³-hybridized carbons (Fsp3) is 0.308. The lowest BCUT2D eigenvalue weighted by Crippen LogP contribution is -2.55. The Morgan fingerprint density at radius 3 is 1.97 bits per heavy atom. The molecule has 0 spiro atoms. The minimum absolute atomic E-state index is 0.0805. The van der Waals surface area contributed by atoms with Gasteiger partial charge >= 0.3 is 35.8 Å². The third kappa shape index (κ3) is 4.31. The normalized spacial score (nSPS) is 18.5. The first-order valence-electron chi connectivity index (χ1n) is 11.2. The van der Waals surface area contributed by atoms with Crippen molar-refractivity contribution in [2.75, 3.05) is 42.7 Å². The second-order valence-corrected chi connectivity index (χ2v) is 8.02. The van der Waals surface area contributed by atoms with E-state index in [0.29, 0.717) is 17.0 Å². The highest BCUT2D eigenvalue weighted by Crippen LogP contribution is 2.54. The molecule has 206 valence electrons. The lowest BCUT2D eigenvalue weighted by Gasteiger charge is -2.41. The molecule has 0 radical (unpaired) electrons. The van der Waals surface area contributed by atoms with Gasteiger partial charge in [0.15, 0.2) is 5.41 Å². The van der Waals surface area contributed by atoms with Crippen molar-refractivity contribution >= 4 is 52.3 Å². The number of aromatic nitrogens is 1. The van der Waals surface area contributed by atoms with E-state index in [1.165, 1.54) is 0 Å². The van der Waals surface area contributed by atoms with Crippen LogP contribution in [0.5, 0.6) is 0 Å². The lowest BCUT2D eigenvalue weighted by atomic mass is 9.59. The molecule has 1 aliphatic carbocycles. The molecule has 1 aromatic heterocycles. The number of hydrogen-bond acceptors (Lipinski definition) is 12. The number of methoxy groups -OCH3 is 6. The highest BCUT2D eigenvalue weighted by molar-refractivity contribution is 6.30. The number of para-hydroxylation sites is 1. The van der Waals surface area contributed by atoms with E-state index in [1.807, 2.05) is 0 Å². The summed E-state index contributed by atoms with van der Waals surface area (Å²) in [5.74, 6) is -9.31. The SMILES string of the molecule is COC(=O)/C=C(\C(=O)OC)C1(C(=O)OC)c2[nH]c3ccccc3c2C(C(=O)OC)=C(C(=O)OC)C1C(=O)OC. The molecule has 0 fully saturated rings. The molecule has 0 aliphatic heterocycles. The number of benzene rings is 1. The third-order valence-electron chi connectivity index (χ3n) is 6.37. The number of esters is 6. The van der Waals surface area contributed by atoms with Crippen LogP contribution in [-0.4, -0.2) is 83.5 Å². The first-order valence-corrected chi connectivity index (χ1v) is 11.2. The van der Waals surface area contributed by atoms with Gasteiger partial charge in [-0.05, 0) is 6.07 Å². The van der Waals surface area contributed by atoms with Gasteiger partial charge in [-0.2, -0.15) is 0 Å². The van der Waals surface area contributed by atoms with Gasteiger partial charge in [0.2, 0.25) is 0 Å². The summed E-state index contributed by atoms with van der Waals surface area (Å²) in [5.41, 5.74) is -4.53. The van der Waals surface area contributed by atoms with E-state index in [1.54, 1.807) is 24.3 Å². The van der Waals surface area contributed by atoms with Gasteiger partial charge in [-0.15, -0.1) is 0 Å². The maximum atomic E-state index is 14.0. The maximum Gasteiger partial charge on any atom is 0.339 e. The molecule has 3 rings (SSSR count). The standard InChI is InChI=1S/C26H25NO12/c1-34-15(28)11-13(21(29)35-2)26(25(33)39-6)19(24(32)38-5)18(23(31)37-4)17(22(30)36-3)16-12-9-7-8-10-14(12)27-20(16)26/h7-11,19,27H,1-6H3/b13-11+. The lowest BCUT2D eigenvalue weighted by molar-refractivity contribution is -0.160. The molecule has 0 amide bonds. The Labute approximate surface area is 221 Å². The van der Waals surface area contributed by atoms with Crippen molar-refractivity contribution in [2.45, 2.75) is 5.41 Å². The second kappa shape index (κ2) is 11.2. The van der Waals surface area contributed by atoms with Gasteiger partial charge < -0.3 is 33.4 Å². The summed E-state index contributed by atoms with van der Waals surface area (Å²) in [4.78, 5) is 82.8. The van der Waals surface area contributed by atoms with Crippen LogP contribution in [-0.2, 0) is 62.6 Å². The average Bonchev–Trinajstić information content (AvgIpc) is 3.36. The second-order valence-electron chi connectivity index (χ2n) is 8.02. The minimum atomic E-state index is -2.65. The summed E-state index contributed by atoms with van der Waals surface area (Å²) in [6, 6.07) is 6.39. The number of aromatic amines is 1. The molecule has 1 heterocycles. The number of H-pyrrole nitrogens is 1. The van der Waals surface area contributed by atoms with Gasteiger partial charge in [-0.1, -0.05) is 18.2 Å². The van der Waals surface area contributed by atoms with Crippen molar-refractivity contribution in [1.29, 1.82) is 0 Å². The van der Waals surface area contributed by atoms with Crippen LogP contribution in [0.25, 0.3) is 16.5 Å². The van der Waals surface area contributed by atoms with E-state index in [0.717, 1.165) is 42.7 Å². The van der Waals surface area contributed by atoms with Gasteiger partial charge in [-0.25, -0.2) is 19.2 Å². The Balaban J connectivity index is 2.80. The average molecular weight is 543 g/mol. The Bertz CT molecular complexity index is 1450. The molecular formula is C26H25NO12. The van der Waals surface area contributed by atoms with E-state index in [9.17, 15) is 28.8 Å². The van der Waals surface area contributed by atoms with Gasteiger partial charge in [0, 0.05) is 28.2 Å². The predicted molar refractivity (Wildman–Crippen MR) is 131 cm³/mol. The fourth-order valence-corrected chi connectivity index (χ4v) is 4.80. The third-order valence-corrected chi connectivity index (χ3v) is 6.37. The van der Waals surface area contributed by atoms with E-state index >= 15 is 0 Å². The van der Waals surface area contributed by atoms with Crippen molar-refractivity contribution in [1.82, 2.24) is 4.98 Å². The summed E-state index contributed by atoms with van der Waals surface area (Å²) in [5, 5.41) is 0.299. The van der Waals surface area contributed by atoms with E-state index < -0.39 is 63.9 Å². The smallest absolute Gasteiger partial charge is 0.339 e. The zero-order valence-electron chi connectivity index (χ0n) is 21.9. The quantitative estimate of drug-likeness (QED) is 0.295. The Morgan fingerprint density at radius 2 is 1.44 bits per heavy atom. The largest absolute Gasteiger partial charge is 0.468 e. The monoisotopic (exact) mass is 543 g/mol. The van der Waals surface area contributed by atoms with Gasteiger partial charge in [-0.3, -0.25) is 9.59 Å². The maximum absolute atomic E-state index is 14.0. The van der Waals surface area contributed by atoms with Crippen LogP contribution in [0.4, 0.5) is 0 Å². The van der Waals surface area contributed by atoms with Crippen LogP contribution >= 0.6 is 0 Å². The van der Waals surface area contributed by atoms with E-state index in [2.05, 4.69) is 9.72 Å². The molecule has 1 aliphatic rings. The highest BCUT2D eigenvalue weighted by Gasteiger charge is 2.65. The van der Waals surface area contributed by atoms with Gasteiger partial charge in [0.05, 0.1) is 59.4 Å². The number of fused-ring (bicyclic) bond motifs is 3. The Morgan fingerprint density at radius 1 is 0.795 bits per heavy atom. The van der Waals surface area contributed by atoms with Crippen LogP contribution in [0.3, 0.4) is 0 Å². The molecule has 1 aromatic carbocycles.